The molecule has 2 N–H and O–H groups in total. The Bertz CT molecular complexity index is 770. The van der Waals surface area contributed by atoms with Gasteiger partial charge in [-0.05, 0) is 24.3 Å². The summed E-state index contributed by atoms with van der Waals surface area (Å²) in [6.07, 6.45) is 0. The van der Waals surface area contributed by atoms with Crippen molar-refractivity contribution in [2.75, 3.05) is 4.72 Å². The lowest BCUT2D eigenvalue weighted by Gasteiger charge is -2.08. The SMILES string of the molecule is C=C1NOc2cc(NS(=O)(=O)c3ccccc3)ccc21. The predicted molar refractivity (Wildman–Crippen MR) is 76.5 cm³/mol. The van der Waals surface area contributed by atoms with Crippen molar-refractivity contribution < 1.29 is 13.3 Å². The number of hydroxylamine groups is 1. The molecule has 0 radical (unpaired) electrons. The zero-order chi connectivity index (χ0) is 14.2. The standard InChI is InChI=1S/C14H12N2O3S/c1-10-13-8-7-11(9-14(13)19-15-10)16-20(17,18)12-5-3-2-4-6-12/h2-9,15-16H,1H2. The summed E-state index contributed by atoms with van der Waals surface area (Å²) in [5.74, 6) is 0.545. The second-order valence-corrected chi connectivity index (χ2v) is 5.99. The summed E-state index contributed by atoms with van der Waals surface area (Å²) in [4.78, 5) is 5.40. The van der Waals surface area contributed by atoms with Crippen molar-refractivity contribution in [2.45, 2.75) is 4.90 Å². The van der Waals surface area contributed by atoms with Crippen LogP contribution in [0.1, 0.15) is 5.56 Å². The maximum Gasteiger partial charge on any atom is 0.261 e. The summed E-state index contributed by atoms with van der Waals surface area (Å²) < 4.78 is 26.9. The molecule has 20 heavy (non-hydrogen) atoms. The topological polar surface area (TPSA) is 67.4 Å². The van der Waals surface area contributed by atoms with Gasteiger partial charge in [-0.25, -0.2) is 13.9 Å². The molecule has 0 amide bonds. The van der Waals surface area contributed by atoms with E-state index < -0.39 is 10.0 Å². The average Bonchev–Trinajstić information content (AvgIpc) is 2.80. The van der Waals surface area contributed by atoms with Crippen LogP contribution in [0.2, 0.25) is 0 Å². The quantitative estimate of drug-likeness (QED) is 0.910. The van der Waals surface area contributed by atoms with Gasteiger partial charge in [-0.1, -0.05) is 24.8 Å². The Morgan fingerprint density at radius 3 is 2.60 bits per heavy atom. The monoisotopic (exact) mass is 288 g/mol. The minimum atomic E-state index is -3.59. The van der Waals surface area contributed by atoms with E-state index in [4.69, 9.17) is 4.84 Å². The van der Waals surface area contributed by atoms with E-state index in [1.807, 2.05) is 0 Å². The number of rotatable bonds is 3. The number of hydrogen-bond donors (Lipinski definition) is 2. The highest BCUT2D eigenvalue weighted by Gasteiger charge is 2.18. The molecule has 0 atom stereocenters. The summed E-state index contributed by atoms with van der Waals surface area (Å²) in [6, 6.07) is 13.2. The fourth-order valence-electron chi connectivity index (χ4n) is 1.90. The Hall–Kier alpha value is -2.47. The zero-order valence-electron chi connectivity index (χ0n) is 10.5. The predicted octanol–water partition coefficient (Wildman–Crippen LogP) is 2.36. The Balaban J connectivity index is 1.91. The van der Waals surface area contributed by atoms with Gasteiger partial charge in [0.25, 0.3) is 10.0 Å². The molecule has 0 aromatic heterocycles. The van der Waals surface area contributed by atoms with Crippen LogP contribution >= 0.6 is 0 Å². The minimum absolute atomic E-state index is 0.212. The Morgan fingerprint density at radius 2 is 1.85 bits per heavy atom. The summed E-state index contributed by atoms with van der Waals surface area (Å²) in [7, 11) is -3.59. The van der Waals surface area contributed by atoms with E-state index in [2.05, 4.69) is 16.8 Å². The molecule has 1 heterocycles. The van der Waals surface area contributed by atoms with Gasteiger partial charge in [0.15, 0.2) is 5.75 Å². The number of anilines is 1. The van der Waals surface area contributed by atoms with Gasteiger partial charge < -0.3 is 4.84 Å². The van der Waals surface area contributed by atoms with Crippen molar-refractivity contribution in [1.29, 1.82) is 0 Å². The maximum absolute atomic E-state index is 12.2. The smallest absolute Gasteiger partial charge is 0.261 e. The lowest BCUT2D eigenvalue weighted by molar-refractivity contribution is 0.272. The zero-order valence-corrected chi connectivity index (χ0v) is 11.3. The van der Waals surface area contributed by atoms with Crippen LogP contribution in [0.25, 0.3) is 5.70 Å². The Morgan fingerprint density at radius 1 is 1.10 bits per heavy atom. The second-order valence-electron chi connectivity index (χ2n) is 4.31. The molecule has 2 aromatic carbocycles. The maximum atomic E-state index is 12.2. The van der Waals surface area contributed by atoms with Crippen LogP contribution in [0.3, 0.4) is 0 Å². The van der Waals surface area contributed by atoms with Gasteiger partial charge in [-0.2, -0.15) is 0 Å². The largest absolute Gasteiger partial charge is 0.381 e. The number of sulfonamides is 1. The number of nitrogens with one attached hydrogen (secondary N) is 2. The Labute approximate surface area is 116 Å². The molecule has 1 aliphatic rings. The molecule has 0 aliphatic carbocycles. The van der Waals surface area contributed by atoms with E-state index in [1.165, 1.54) is 12.1 Å². The minimum Gasteiger partial charge on any atom is -0.381 e. The fourth-order valence-corrected chi connectivity index (χ4v) is 2.98. The van der Waals surface area contributed by atoms with Crippen molar-refractivity contribution in [3.05, 3.63) is 60.7 Å². The lowest BCUT2D eigenvalue weighted by Crippen LogP contribution is -2.12. The van der Waals surface area contributed by atoms with Gasteiger partial charge in [-0.15, -0.1) is 0 Å². The van der Waals surface area contributed by atoms with Gasteiger partial charge in [0, 0.05) is 11.6 Å². The molecule has 2 aromatic rings. The number of fused-ring (bicyclic) bond motifs is 1. The van der Waals surface area contributed by atoms with Crippen molar-refractivity contribution in [3.8, 4) is 5.75 Å². The van der Waals surface area contributed by atoms with Gasteiger partial charge in [-0.3, -0.25) is 4.72 Å². The molecule has 0 unspecified atom stereocenters. The van der Waals surface area contributed by atoms with Crippen LogP contribution in [-0.2, 0) is 10.0 Å². The van der Waals surface area contributed by atoms with Gasteiger partial charge in [0.2, 0.25) is 0 Å². The van der Waals surface area contributed by atoms with Crippen molar-refractivity contribution >= 4 is 21.4 Å². The first-order valence-electron chi connectivity index (χ1n) is 5.90. The number of benzene rings is 2. The molecule has 5 nitrogen and oxygen atoms in total. The van der Waals surface area contributed by atoms with Crippen molar-refractivity contribution in [1.82, 2.24) is 5.48 Å². The highest BCUT2D eigenvalue weighted by molar-refractivity contribution is 7.92. The van der Waals surface area contributed by atoms with Crippen molar-refractivity contribution in [3.63, 3.8) is 0 Å². The third-order valence-corrected chi connectivity index (χ3v) is 4.29. The normalized spacial score (nSPS) is 13.3. The Kier molecular flexibility index (Phi) is 2.87. The molecule has 0 saturated carbocycles. The first-order chi connectivity index (χ1) is 9.56. The fraction of sp³-hybridized carbons (Fsp3) is 0. The van der Waals surface area contributed by atoms with Crippen LogP contribution < -0.4 is 15.0 Å². The highest BCUT2D eigenvalue weighted by Crippen LogP contribution is 2.32. The van der Waals surface area contributed by atoms with E-state index in [-0.39, 0.29) is 4.90 Å². The first-order valence-corrected chi connectivity index (χ1v) is 7.39. The summed E-state index contributed by atoms with van der Waals surface area (Å²) in [6.45, 7) is 3.77. The molecule has 0 fully saturated rings. The van der Waals surface area contributed by atoms with Gasteiger partial charge in [0.1, 0.15) is 0 Å². The molecular weight excluding hydrogens is 276 g/mol. The van der Waals surface area contributed by atoms with Crippen LogP contribution in [0.4, 0.5) is 5.69 Å². The van der Waals surface area contributed by atoms with E-state index in [0.717, 1.165) is 5.56 Å². The molecule has 0 bridgehead atoms. The lowest BCUT2D eigenvalue weighted by atomic mass is 10.1. The third-order valence-electron chi connectivity index (χ3n) is 2.90. The number of hydrogen-bond acceptors (Lipinski definition) is 4. The molecule has 3 rings (SSSR count). The van der Waals surface area contributed by atoms with E-state index in [9.17, 15) is 8.42 Å². The van der Waals surface area contributed by atoms with Gasteiger partial charge >= 0.3 is 0 Å². The summed E-state index contributed by atoms with van der Waals surface area (Å²) in [5, 5.41) is 0. The van der Waals surface area contributed by atoms with Crippen LogP contribution in [0.15, 0.2) is 60.0 Å². The molecule has 6 heteroatoms. The van der Waals surface area contributed by atoms with Crippen LogP contribution in [-0.4, -0.2) is 8.42 Å². The molecule has 0 spiro atoms. The highest BCUT2D eigenvalue weighted by atomic mass is 32.2. The average molecular weight is 288 g/mol. The van der Waals surface area contributed by atoms with Crippen LogP contribution in [0, 0.1) is 0 Å². The summed E-state index contributed by atoms with van der Waals surface area (Å²) >= 11 is 0. The molecule has 0 saturated heterocycles. The van der Waals surface area contributed by atoms with Gasteiger partial charge in [0.05, 0.1) is 16.3 Å². The molecule has 102 valence electrons. The van der Waals surface area contributed by atoms with Crippen molar-refractivity contribution in [2.24, 2.45) is 0 Å². The third kappa shape index (κ3) is 2.21. The van der Waals surface area contributed by atoms with E-state index in [0.29, 0.717) is 17.1 Å². The second kappa shape index (κ2) is 4.57. The summed E-state index contributed by atoms with van der Waals surface area (Å²) in [5.41, 5.74) is 4.53. The van der Waals surface area contributed by atoms with Crippen LogP contribution in [0.5, 0.6) is 5.75 Å². The van der Waals surface area contributed by atoms with E-state index in [1.54, 1.807) is 36.4 Å². The molecular formula is C14H12N2O3S. The first kappa shape index (κ1) is 12.6. The molecule has 1 aliphatic heterocycles. The van der Waals surface area contributed by atoms with E-state index >= 15 is 0 Å².